The Hall–Kier alpha value is -2.81. The molecular weight excluding hydrogens is 312 g/mol. The van der Waals surface area contributed by atoms with Gasteiger partial charge >= 0.3 is 0 Å². The van der Waals surface area contributed by atoms with Gasteiger partial charge in [0.1, 0.15) is 0 Å². The van der Waals surface area contributed by atoms with E-state index in [1.807, 2.05) is 0 Å². The van der Waals surface area contributed by atoms with E-state index in [0.717, 1.165) is 12.8 Å². The summed E-state index contributed by atoms with van der Waals surface area (Å²) in [6, 6.07) is 6.03. The maximum absolute atomic E-state index is 12.6. The monoisotopic (exact) mass is 330 g/mol. The van der Waals surface area contributed by atoms with Crippen LogP contribution >= 0.6 is 0 Å². The van der Waals surface area contributed by atoms with Crippen LogP contribution in [0.2, 0.25) is 0 Å². The number of aromatic nitrogens is 3. The maximum Gasteiger partial charge on any atom is 0.276 e. The van der Waals surface area contributed by atoms with Crippen molar-refractivity contribution in [2.24, 2.45) is 5.73 Å². The van der Waals surface area contributed by atoms with Gasteiger partial charge in [0.2, 0.25) is 0 Å². The summed E-state index contributed by atoms with van der Waals surface area (Å²) in [7, 11) is 0. The third-order valence-corrected chi connectivity index (χ3v) is 4.13. The highest BCUT2D eigenvalue weighted by atomic mass is 16.6. The lowest BCUT2D eigenvalue weighted by atomic mass is 10.1. The lowest BCUT2D eigenvalue weighted by Gasteiger charge is -2.30. The standard InChI is InChI=1S/C15H18N6O3/c1-10-14(15(22)19-7-3-4-11(16)9-19)17-18-20(10)12-5-2-6-13(8-12)21(23)24/h2,5-6,8,11H,3-4,7,9,16H2,1H3. The molecule has 1 atom stereocenters. The van der Waals surface area contributed by atoms with E-state index < -0.39 is 4.92 Å². The summed E-state index contributed by atoms with van der Waals surface area (Å²) < 4.78 is 1.43. The zero-order valence-corrected chi connectivity index (χ0v) is 13.3. The second-order valence-electron chi connectivity index (χ2n) is 5.87. The summed E-state index contributed by atoms with van der Waals surface area (Å²) >= 11 is 0. The molecule has 0 aliphatic carbocycles. The summed E-state index contributed by atoms with van der Waals surface area (Å²) in [5.41, 5.74) is 7.15. The number of piperidine rings is 1. The number of likely N-dealkylation sites (tertiary alicyclic amines) is 1. The Labute approximate surface area is 138 Å². The van der Waals surface area contributed by atoms with Gasteiger partial charge in [-0.05, 0) is 25.8 Å². The number of nitro benzene ring substituents is 1. The molecular formula is C15H18N6O3. The minimum atomic E-state index is -0.475. The van der Waals surface area contributed by atoms with E-state index in [-0.39, 0.29) is 23.3 Å². The van der Waals surface area contributed by atoms with E-state index in [1.165, 1.54) is 16.8 Å². The molecule has 3 rings (SSSR count). The number of benzene rings is 1. The highest BCUT2D eigenvalue weighted by Gasteiger charge is 2.26. The first kappa shape index (κ1) is 16.1. The summed E-state index contributed by atoms with van der Waals surface area (Å²) in [4.78, 5) is 24.7. The Morgan fingerprint density at radius 1 is 1.46 bits per heavy atom. The van der Waals surface area contributed by atoms with Gasteiger partial charge in [-0.25, -0.2) is 4.68 Å². The van der Waals surface area contributed by atoms with Crippen molar-refractivity contribution in [3.05, 3.63) is 45.8 Å². The second-order valence-corrected chi connectivity index (χ2v) is 5.87. The van der Waals surface area contributed by atoms with Crippen molar-refractivity contribution >= 4 is 11.6 Å². The van der Waals surface area contributed by atoms with E-state index >= 15 is 0 Å². The van der Waals surface area contributed by atoms with Gasteiger partial charge in [0, 0.05) is 31.3 Å². The Morgan fingerprint density at radius 3 is 2.96 bits per heavy atom. The molecule has 9 nitrogen and oxygen atoms in total. The minimum Gasteiger partial charge on any atom is -0.336 e. The van der Waals surface area contributed by atoms with Crippen LogP contribution in [0.15, 0.2) is 24.3 Å². The van der Waals surface area contributed by atoms with Gasteiger partial charge in [-0.3, -0.25) is 14.9 Å². The molecule has 1 fully saturated rings. The lowest BCUT2D eigenvalue weighted by Crippen LogP contribution is -2.46. The van der Waals surface area contributed by atoms with Crippen molar-refractivity contribution in [2.75, 3.05) is 13.1 Å². The summed E-state index contributed by atoms with van der Waals surface area (Å²) in [6.07, 6.45) is 1.77. The maximum atomic E-state index is 12.6. The Morgan fingerprint density at radius 2 is 2.25 bits per heavy atom. The van der Waals surface area contributed by atoms with Crippen molar-refractivity contribution in [1.82, 2.24) is 19.9 Å². The van der Waals surface area contributed by atoms with Crippen molar-refractivity contribution in [3.63, 3.8) is 0 Å². The number of non-ortho nitro benzene ring substituents is 1. The van der Waals surface area contributed by atoms with Crippen molar-refractivity contribution in [1.29, 1.82) is 0 Å². The number of nitro groups is 1. The number of carbonyl (C=O) groups is 1. The van der Waals surface area contributed by atoms with Crippen LogP contribution in [0.25, 0.3) is 5.69 Å². The lowest BCUT2D eigenvalue weighted by molar-refractivity contribution is -0.384. The van der Waals surface area contributed by atoms with E-state index in [2.05, 4.69) is 10.3 Å². The third-order valence-electron chi connectivity index (χ3n) is 4.13. The molecule has 0 bridgehead atoms. The number of carbonyl (C=O) groups excluding carboxylic acids is 1. The second kappa shape index (κ2) is 6.36. The van der Waals surface area contributed by atoms with Crippen LogP contribution < -0.4 is 5.73 Å². The fourth-order valence-corrected chi connectivity index (χ4v) is 2.85. The van der Waals surface area contributed by atoms with Crippen molar-refractivity contribution < 1.29 is 9.72 Å². The molecule has 1 unspecified atom stereocenters. The normalized spacial score (nSPS) is 17.8. The molecule has 1 saturated heterocycles. The van der Waals surface area contributed by atoms with Gasteiger partial charge in [-0.1, -0.05) is 11.3 Å². The van der Waals surface area contributed by atoms with Gasteiger partial charge in [0.15, 0.2) is 5.69 Å². The number of nitrogens with zero attached hydrogens (tertiary/aromatic N) is 5. The zero-order valence-electron chi connectivity index (χ0n) is 13.3. The van der Waals surface area contributed by atoms with Crippen LogP contribution in [0.3, 0.4) is 0 Å². The first-order chi connectivity index (χ1) is 11.5. The average Bonchev–Trinajstić information content (AvgIpc) is 2.96. The highest BCUT2D eigenvalue weighted by molar-refractivity contribution is 5.93. The van der Waals surface area contributed by atoms with E-state index in [9.17, 15) is 14.9 Å². The quantitative estimate of drug-likeness (QED) is 0.663. The molecule has 2 aromatic rings. The van der Waals surface area contributed by atoms with Crippen LogP contribution in [-0.2, 0) is 0 Å². The molecule has 0 radical (unpaired) electrons. The number of nitrogens with two attached hydrogens (primary N) is 1. The van der Waals surface area contributed by atoms with Crippen LogP contribution in [-0.4, -0.2) is 49.9 Å². The van der Waals surface area contributed by atoms with Gasteiger partial charge in [-0.15, -0.1) is 5.10 Å². The SMILES string of the molecule is Cc1c(C(=O)N2CCCC(N)C2)nnn1-c1cccc([N+](=O)[O-])c1. The third kappa shape index (κ3) is 2.98. The molecule has 1 aliphatic heterocycles. The number of rotatable bonds is 3. The van der Waals surface area contributed by atoms with Crippen molar-refractivity contribution in [3.8, 4) is 5.69 Å². The molecule has 9 heteroatoms. The van der Waals surface area contributed by atoms with E-state index in [0.29, 0.717) is 24.5 Å². The predicted octanol–water partition coefficient (Wildman–Crippen LogP) is 1.05. The molecule has 1 aliphatic rings. The molecule has 0 spiro atoms. The Balaban J connectivity index is 1.90. The smallest absolute Gasteiger partial charge is 0.276 e. The fraction of sp³-hybridized carbons (Fsp3) is 0.400. The average molecular weight is 330 g/mol. The van der Waals surface area contributed by atoms with Crippen LogP contribution in [0.5, 0.6) is 0 Å². The Kier molecular flexibility index (Phi) is 4.26. The van der Waals surface area contributed by atoms with Gasteiger partial charge in [0.05, 0.1) is 16.3 Å². The molecule has 2 N–H and O–H groups in total. The van der Waals surface area contributed by atoms with Gasteiger partial charge in [0.25, 0.3) is 11.6 Å². The largest absolute Gasteiger partial charge is 0.336 e. The van der Waals surface area contributed by atoms with E-state index in [4.69, 9.17) is 5.73 Å². The molecule has 1 amide bonds. The number of hydrogen-bond acceptors (Lipinski definition) is 6. The summed E-state index contributed by atoms with van der Waals surface area (Å²) in [5, 5.41) is 18.9. The zero-order chi connectivity index (χ0) is 17.3. The minimum absolute atomic E-state index is 0.0187. The van der Waals surface area contributed by atoms with Gasteiger partial charge < -0.3 is 10.6 Å². The van der Waals surface area contributed by atoms with E-state index in [1.54, 1.807) is 24.0 Å². The molecule has 0 saturated carbocycles. The molecule has 126 valence electrons. The summed E-state index contributed by atoms with van der Waals surface area (Å²) in [6.45, 7) is 2.87. The van der Waals surface area contributed by atoms with Gasteiger partial charge in [-0.2, -0.15) is 0 Å². The molecule has 1 aromatic carbocycles. The number of amides is 1. The molecule has 2 heterocycles. The van der Waals surface area contributed by atoms with Crippen LogP contribution in [0.1, 0.15) is 29.0 Å². The first-order valence-electron chi connectivity index (χ1n) is 7.69. The molecule has 1 aromatic heterocycles. The highest BCUT2D eigenvalue weighted by Crippen LogP contribution is 2.19. The van der Waals surface area contributed by atoms with Crippen LogP contribution in [0.4, 0.5) is 5.69 Å². The summed E-state index contributed by atoms with van der Waals surface area (Å²) in [5.74, 6) is -0.209. The predicted molar refractivity (Wildman–Crippen MR) is 85.9 cm³/mol. The molecule has 24 heavy (non-hydrogen) atoms. The topological polar surface area (TPSA) is 120 Å². The Bertz CT molecular complexity index is 787. The fourth-order valence-electron chi connectivity index (χ4n) is 2.85. The van der Waals surface area contributed by atoms with Crippen LogP contribution in [0, 0.1) is 17.0 Å². The van der Waals surface area contributed by atoms with Crippen molar-refractivity contribution in [2.45, 2.75) is 25.8 Å². The number of hydrogen-bond donors (Lipinski definition) is 1. The first-order valence-corrected chi connectivity index (χ1v) is 7.69.